The second kappa shape index (κ2) is 5.91. The Bertz CT molecular complexity index is 545. The fraction of sp³-hybridized carbons (Fsp3) is 0.417. The van der Waals surface area contributed by atoms with Gasteiger partial charge in [0, 0.05) is 13.1 Å². The average Bonchev–Trinajstić information content (AvgIpc) is 2.41. The number of hydrogen-bond donors (Lipinski definition) is 1. The molecule has 0 unspecified atom stereocenters. The van der Waals surface area contributed by atoms with E-state index in [2.05, 4.69) is 5.43 Å². The molecular weight excluding hydrogens is 272 g/mol. The highest BCUT2D eigenvalue weighted by atomic mass is 19.1. The van der Waals surface area contributed by atoms with Gasteiger partial charge < -0.3 is 0 Å². The van der Waals surface area contributed by atoms with Crippen LogP contribution in [-0.2, 0) is 0 Å². The summed E-state index contributed by atoms with van der Waals surface area (Å²) in [6, 6.07) is 0.965. The lowest BCUT2D eigenvalue weighted by molar-refractivity contribution is -0.387. The van der Waals surface area contributed by atoms with Crippen molar-refractivity contribution in [2.24, 2.45) is 0 Å². The first-order chi connectivity index (χ1) is 9.49. The fourth-order valence-electron chi connectivity index (χ4n) is 2.06. The van der Waals surface area contributed by atoms with Crippen molar-refractivity contribution in [2.45, 2.75) is 19.3 Å². The fourth-order valence-corrected chi connectivity index (χ4v) is 2.06. The van der Waals surface area contributed by atoms with E-state index < -0.39 is 33.7 Å². The van der Waals surface area contributed by atoms with Gasteiger partial charge in [-0.25, -0.2) is 9.40 Å². The van der Waals surface area contributed by atoms with Crippen LogP contribution in [0.5, 0.6) is 0 Å². The number of piperidine rings is 1. The molecule has 0 radical (unpaired) electrons. The van der Waals surface area contributed by atoms with Gasteiger partial charge in [-0.15, -0.1) is 0 Å². The highest BCUT2D eigenvalue weighted by Gasteiger charge is 2.23. The van der Waals surface area contributed by atoms with Gasteiger partial charge in [-0.05, 0) is 18.9 Å². The van der Waals surface area contributed by atoms with Crippen molar-refractivity contribution < 1.29 is 18.5 Å². The zero-order valence-corrected chi connectivity index (χ0v) is 10.6. The number of amides is 1. The first kappa shape index (κ1) is 14.3. The van der Waals surface area contributed by atoms with Crippen LogP contribution in [0.2, 0.25) is 0 Å². The Kier molecular flexibility index (Phi) is 4.23. The van der Waals surface area contributed by atoms with Crippen LogP contribution in [0.15, 0.2) is 12.1 Å². The van der Waals surface area contributed by atoms with Crippen LogP contribution in [0.3, 0.4) is 0 Å². The zero-order valence-electron chi connectivity index (χ0n) is 10.6. The molecule has 1 aromatic rings. The minimum Gasteiger partial charge on any atom is -0.285 e. The minimum absolute atomic E-state index is 0.417. The van der Waals surface area contributed by atoms with Gasteiger partial charge in [0.1, 0.15) is 5.82 Å². The summed E-state index contributed by atoms with van der Waals surface area (Å²) in [7, 11) is 0. The molecule has 0 saturated carbocycles. The Labute approximate surface area is 113 Å². The predicted octanol–water partition coefficient (Wildman–Crippen LogP) is 2.00. The number of nitro benzene ring substituents is 1. The second-order valence-corrected chi connectivity index (χ2v) is 4.53. The molecule has 1 saturated heterocycles. The Morgan fingerprint density at radius 1 is 1.20 bits per heavy atom. The molecular formula is C12H13F2N3O3. The van der Waals surface area contributed by atoms with Crippen molar-refractivity contribution in [2.75, 3.05) is 13.1 Å². The lowest BCUT2D eigenvalue weighted by Gasteiger charge is -2.26. The largest absolute Gasteiger partial charge is 0.307 e. The van der Waals surface area contributed by atoms with Gasteiger partial charge >= 0.3 is 5.69 Å². The Balaban J connectivity index is 2.17. The minimum atomic E-state index is -1.24. The zero-order chi connectivity index (χ0) is 14.7. The molecule has 1 aliphatic rings. The number of hydrazine groups is 1. The summed E-state index contributed by atoms with van der Waals surface area (Å²) in [5.74, 6) is -3.16. The average molecular weight is 285 g/mol. The Hall–Kier alpha value is -2.09. The van der Waals surface area contributed by atoms with Crippen molar-refractivity contribution in [1.82, 2.24) is 10.4 Å². The third kappa shape index (κ3) is 3.08. The number of benzene rings is 1. The molecule has 1 heterocycles. The van der Waals surface area contributed by atoms with Crippen molar-refractivity contribution in [3.8, 4) is 0 Å². The number of carbonyl (C=O) groups excluding carboxylic acids is 1. The molecule has 1 N–H and O–H groups in total. The van der Waals surface area contributed by atoms with Gasteiger partial charge in [-0.1, -0.05) is 6.42 Å². The number of carbonyl (C=O) groups is 1. The van der Waals surface area contributed by atoms with E-state index in [4.69, 9.17) is 0 Å². The molecule has 20 heavy (non-hydrogen) atoms. The lowest BCUT2D eigenvalue weighted by atomic mass is 10.1. The lowest BCUT2D eigenvalue weighted by Crippen LogP contribution is -2.45. The van der Waals surface area contributed by atoms with Gasteiger partial charge in [0.25, 0.3) is 5.91 Å². The normalized spacial score (nSPS) is 15.9. The summed E-state index contributed by atoms with van der Waals surface area (Å²) in [5, 5.41) is 12.1. The molecule has 0 aromatic heterocycles. The van der Waals surface area contributed by atoms with E-state index in [0.29, 0.717) is 25.2 Å². The van der Waals surface area contributed by atoms with Gasteiger partial charge in [0.2, 0.25) is 5.82 Å². The number of hydrogen-bond acceptors (Lipinski definition) is 4. The predicted molar refractivity (Wildman–Crippen MR) is 65.9 cm³/mol. The van der Waals surface area contributed by atoms with Crippen LogP contribution in [0.25, 0.3) is 0 Å². The molecule has 108 valence electrons. The molecule has 0 bridgehead atoms. The molecule has 1 aromatic carbocycles. The van der Waals surface area contributed by atoms with Gasteiger partial charge in [-0.2, -0.15) is 4.39 Å². The monoisotopic (exact) mass is 285 g/mol. The molecule has 2 rings (SSSR count). The third-order valence-corrected chi connectivity index (χ3v) is 3.09. The summed E-state index contributed by atoms with van der Waals surface area (Å²) in [6.45, 7) is 1.28. The Morgan fingerprint density at radius 2 is 1.85 bits per heavy atom. The Morgan fingerprint density at radius 3 is 2.45 bits per heavy atom. The van der Waals surface area contributed by atoms with Crippen LogP contribution >= 0.6 is 0 Å². The number of halogens is 2. The summed E-state index contributed by atoms with van der Waals surface area (Å²) in [4.78, 5) is 21.3. The van der Waals surface area contributed by atoms with E-state index >= 15 is 0 Å². The highest BCUT2D eigenvalue weighted by molar-refractivity contribution is 5.94. The van der Waals surface area contributed by atoms with E-state index in [1.54, 1.807) is 5.01 Å². The summed E-state index contributed by atoms with van der Waals surface area (Å²) < 4.78 is 27.1. The van der Waals surface area contributed by atoms with Crippen LogP contribution < -0.4 is 5.43 Å². The summed E-state index contributed by atoms with van der Waals surface area (Å²) in [6.07, 6.45) is 2.89. The van der Waals surface area contributed by atoms with Crippen LogP contribution in [0.1, 0.15) is 29.6 Å². The molecule has 6 nitrogen and oxygen atoms in total. The molecule has 0 atom stereocenters. The van der Waals surface area contributed by atoms with Crippen LogP contribution in [0, 0.1) is 21.7 Å². The molecule has 8 heteroatoms. The molecule has 0 aliphatic carbocycles. The maximum absolute atomic E-state index is 13.6. The summed E-state index contributed by atoms with van der Waals surface area (Å²) in [5.41, 5.74) is 0.938. The topological polar surface area (TPSA) is 75.5 Å². The maximum Gasteiger partial charge on any atom is 0.307 e. The van der Waals surface area contributed by atoms with E-state index in [1.165, 1.54) is 0 Å². The van der Waals surface area contributed by atoms with Crippen LogP contribution in [-0.4, -0.2) is 28.9 Å². The van der Waals surface area contributed by atoms with E-state index in [9.17, 15) is 23.7 Å². The van der Waals surface area contributed by atoms with Crippen molar-refractivity contribution in [3.05, 3.63) is 39.4 Å². The highest BCUT2D eigenvalue weighted by Crippen LogP contribution is 2.21. The van der Waals surface area contributed by atoms with E-state index in [1.807, 2.05) is 0 Å². The van der Waals surface area contributed by atoms with Crippen molar-refractivity contribution in [1.29, 1.82) is 0 Å². The number of nitrogens with one attached hydrogen (secondary N) is 1. The summed E-state index contributed by atoms with van der Waals surface area (Å²) >= 11 is 0. The molecule has 1 amide bonds. The number of nitro groups is 1. The number of nitrogens with zero attached hydrogens (tertiary/aromatic N) is 2. The standard InChI is InChI=1S/C12H13F2N3O3/c13-9-7-11(17(19)20)10(14)6-8(9)12(18)15-16-4-2-1-3-5-16/h6-7H,1-5H2,(H,15,18). The van der Waals surface area contributed by atoms with E-state index in [0.717, 1.165) is 19.3 Å². The van der Waals surface area contributed by atoms with Gasteiger partial charge in [-0.3, -0.25) is 20.3 Å². The van der Waals surface area contributed by atoms with Crippen molar-refractivity contribution >= 4 is 11.6 Å². The second-order valence-electron chi connectivity index (χ2n) is 4.53. The quantitative estimate of drug-likeness (QED) is 0.681. The maximum atomic E-state index is 13.6. The number of rotatable bonds is 3. The molecule has 0 spiro atoms. The van der Waals surface area contributed by atoms with Gasteiger partial charge in [0.05, 0.1) is 16.6 Å². The smallest absolute Gasteiger partial charge is 0.285 e. The van der Waals surface area contributed by atoms with Crippen LogP contribution in [0.4, 0.5) is 14.5 Å². The first-order valence-corrected chi connectivity index (χ1v) is 6.18. The van der Waals surface area contributed by atoms with Crippen molar-refractivity contribution in [3.63, 3.8) is 0 Å². The molecule has 1 aliphatic heterocycles. The van der Waals surface area contributed by atoms with E-state index in [-0.39, 0.29) is 0 Å². The first-order valence-electron chi connectivity index (χ1n) is 6.18. The SMILES string of the molecule is O=C(NN1CCCCC1)c1cc(F)c([N+](=O)[O-])cc1F. The third-order valence-electron chi connectivity index (χ3n) is 3.09. The van der Waals surface area contributed by atoms with Gasteiger partial charge in [0.15, 0.2) is 0 Å². The molecule has 1 fully saturated rings.